The largest absolute Gasteiger partial charge is 0.318 e. The molecular weight excluding hydrogens is 513 g/mol. The first-order valence-electron chi connectivity index (χ1n) is 9.98. The van der Waals surface area contributed by atoms with Gasteiger partial charge in [0.1, 0.15) is 5.82 Å². The molecule has 1 aromatic heterocycles. The minimum absolute atomic E-state index is 0.0881. The van der Waals surface area contributed by atoms with E-state index in [9.17, 15) is 9.18 Å². The van der Waals surface area contributed by atoms with Crippen LogP contribution in [-0.2, 0) is 4.79 Å². The zero-order valence-electron chi connectivity index (χ0n) is 17.7. The van der Waals surface area contributed by atoms with E-state index in [0.29, 0.717) is 27.3 Å². The number of nitrogens with zero attached hydrogens (tertiary/aromatic N) is 3. The molecule has 1 amide bonds. The summed E-state index contributed by atoms with van der Waals surface area (Å²) in [4.78, 5) is 19.8. The molecule has 164 valence electrons. The molecule has 8 heteroatoms. The fourth-order valence-electron chi connectivity index (χ4n) is 3.59. The number of hydrogen-bond donors (Lipinski definition) is 0. The van der Waals surface area contributed by atoms with Crippen molar-refractivity contribution in [3.63, 3.8) is 0 Å². The molecule has 1 aliphatic heterocycles. The molecule has 1 aliphatic rings. The molecule has 4 rings (SSSR count). The van der Waals surface area contributed by atoms with Gasteiger partial charge in [-0.2, -0.15) is 0 Å². The third-order valence-corrected chi connectivity index (χ3v) is 7.41. The molecule has 0 bridgehead atoms. The van der Waals surface area contributed by atoms with E-state index < -0.39 is 0 Å². The summed E-state index contributed by atoms with van der Waals surface area (Å²) >= 11 is 11.1. The highest BCUT2D eigenvalue weighted by molar-refractivity contribution is 9.10. The van der Waals surface area contributed by atoms with E-state index in [2.05, 4.69) is 31.6 Å². The van der Waals surface area contributed by atoms with Gasteiger partial charge in [0.15, 0.2) is 5.17 Å². The number of carbonyl (C=O) groups excluding carboxylic acids is 1. The summed E-state index contributed by atoms with van der Waals surface area (Å²) in [6, 6.07) is 13.8. The highest BCUT2D eigenvalue weighted by Gasteiger charge is 2.32. The van der Waals surface area contributed by atoms with Crippen molar-refractivity contribution in [3.8, 4) is 5.69 Å². The number of benzene rings is 2. The average molecular weight is 533 g/mol. The summed E-state index contributed by atoms with van der Waals surface area (Å²) in [5, 5.41) is 1.22. The fourth-order valence-corrected chi connectivity index (χ4v) is 5.07. The van der Waals surface area contributed by atoms with Gasteiger partial charge < -0.3 is 4.57 Å². The number of thioether (sulfide) groups is 1. The maximum atomic E-state index is 13.2. The van der Waals surface area contributed by atoms with Crippen molar-refractivity contribution >= 4 is 62.1 Å². The monoisotopic (exact) mass is 531 g/mol. The molecule has 0 unspecified atom stereocenters. The van der Waals surface area contributed by atoms with E-state index >= 15 is 0 Å². The van der Waals surface area contributed by atoms with Gasteiger partial charge in [-0.1, -0.05) is 11.6 Å². The second kappa shape index (κ2) is 9.25. The molecule has 2 heterocycles. The van der Waals surface area contributed by atoms with Crippen molar-refractivity contribution in [3.05, 3.63) is 85.7 Å². The summed E-state index contributed by atoms with van der Waals surface area (Å²) in [6.07, 6.45) is 1.90. The summed E-state index contributed by atoms with van der Waals surface area (Å²) < 4.78 is 16.2. The van der Waals surface area contributed by atoms with Gasteiger partial charge in [0, 0.05) is 28.1 Å². The maximum Gasteiger partial charge on any atom is 0.266 e. The lowest BCUT2D eigenvalue weighted by Crippen LogP contribution is -2.28. The number of aliphatic imine (C=N–C) groups is 1. The van der Waals surface area contributed by atoms with Gasteiger partial charge in [-0.05, 0) is 109 Å². The number of rotatable bonds is 4. The predicted molar refractivity (Wildman–Crippen MR) is 134 cm³/mol. The average Bonchev–Trinajstić information content (AvgIpc) is 3.21. The van der Waals surface area contributed by atoms with Crippen LogP contribution in [0.5, 0.6) is 0 Å². The Morgan fingerprint density at radius 2 is 1.88 bits per heavy atom. The molecule has 0 aliphatic carbocycles. The Hall–Kier alpha value is -2.35. The van der Waals surface area contributed by atoms with Crippen molar-refractivity contribution in [2.24, 2.45) is 4.99 Å². The lowest BCUT2D eigenvalue weighted by atomic mass is 10.2. The molecule has 3 aromatic rings. The maximum absolute atomic E-state index is 13.2. The van der Waals surface area contributed by atoms with Crippen LogP contribution >= 0.6 is 39.3 Å². The van der Waals surface area contributed by atoms with Crippen molar-refractivity contribution in [1.82, 2.24) is 9.47 Å². The fraction of sp³-hybridized carbons (Fsp3) is 0.167. The van der Waals surface area contributed by atoms with E-state index in [4.69, 9.17) is 11.6 Å². The second-order valence-corrected chi connectivity index (χ2v) is 9.56. The van der Waals surface area contributed by atoms with Gasteiger partial charge in [0.05, 0.1) is 15.6 Å². The van der Waals surface area contributed by atoms with Gasteiger partial charge in [-0.3, -0.25) is 9.69 Å². The zero-order chi connectivity index (χ0) is 23.0. The lowest BCUT2D eigenvalue weighted by molar-refractivity contribution is -0.122. The normalized spacial score (nSPS) is 16.6. The minimum Gasteiger partial charge on any atom is -0.318 e. The van der Waals surface area contributed by atoms with Crippen LogP contribution in [0.4, 0.5) is 10.1 Å². The first-order valence-corrected chi connectivity index (χ1v) is 12.0. The van der Waals surface area contributed by atoms with Crippen molar-refractivity contribution in [2.75, 3.05) is 6.54 Å². The number of amidine groups is 1. The molecule has 0 N–H and O–H groups in total. The van der Waals surface area contributed by atoms with Crippen LogP contribution in [-0.4, -0.2) is 27.1 Å². The highest BCUT2D eigenvalue weighted by atomic mass is 79.9. The van der Waals surface area contributed by atoms with Crippen LogP contribution in [0.1, 0.15) is 23.9 Å². The predicted octanol–water partition coefficient (Wildman–Crippen LogP) is 7.27. The third kappa shape index (κ3) is 4.42. The third-order valence-electron chi connectivity index (χ3n) is 5.17. The molecule has 1 fully saturated rings. The quantitative estimate of drug-likeness (QED) is 0.331. The number of hydrogen-bond acceptors (Lipinski definition) is 3. The summed E-state index contributed by atoms with van der Waals surface area (Å²) in [5.74, 6) is -0.408. The minimum atomic E-state index is -0.320. The molecule has 32 heavy (non-hydrogen) atoms. The molecular formula is C24H20BrClFN3OS. The first-order chi connectivity index (χ1) is 15.3. The van der Waals surface area contributed by atoms with Crippen molar-refractivity contribution in [2.45, 2.75) is 20.8 Å². The Kier molecular flexibility index (Phi) is 6.60. The Bertz CT molecular complexity index is 1270. The smallest absolute Gasteiger partial charge is 0.266 e. The number of carbonyl (C=O) groups is 1. The van der Waals surface area contributed by atoms with E-state index in [0.717, 1.165) is 27.1 Å². The SMILES string of the molecule is CCN1C(=O)/C(=C\c2cc(C)n(-c3ccc(Br)c(Cl)c3)c2C)SC1=Nc1ccc(F)cc1. The summed E-state index contributed by atoms with van der Waals surface area (Å²) in [6.45, 7) is 6.45. The Balaban J connectivity index is 1.70. The second-order valence-electron chi connectivity index (χ2n) is 7.29. The number of likely N-dealkylation sites (N-methyl/N-ethyl adjacent to an activating group) is 1. The first kappa shape index (κ1) is 22.8. The van der Waals surface area contributed by atoms with E-state index in [1.807, 2.05) is 45.0 Å². The van der Waals surface area contributed by atoms with Crippen molar-refractivity contribution in [1.29, 1.82) is 0 Å². The van der Waals surface area contributed by atoms with Gasteiger partial charge in [-0.25, -0.2) is 9.38 Å². The highest BCUT2D eigenvalue weighted by Crippen LogP contribution is 2.35. The van der Waals surface area contributed by atoms with Crippen LogP contribution in [0, 0.1) is 19.7 Å². The van der Waals surface area contributed by atoms with Gasteiger partial charge >= 0.3 is 0 Å². The Morgan fingerprint density at radius 1 is 1.16 bits per heavy atom. The molecule has 0 spiro atoms. The Morgan fingerprint density at radius 3 is 2.53 bits per heavy atom. The number of aromatic nitrogens is 1. The van der Waals surface area contributed by atoms with Gasteiger partial charge in [-0.15, -0.1) is 0 Å². The molecule has 0 saturated carbocycles. The molecule has 2 aromatic carbocycles. The number of aryl methyl sites for hydroxylation is 1. The van der Waals surface area contributed by atoms with Crippen LogP contribution in [0.25, 0.3) is 11.8 Å². The number of halogens is 3. The van der Waals surface area contributed by atoms with Crippen molar-refractivity contribution < 1.29 is 9.18 Å². The van der Waals surface area contributed by atoms with Crippen LogP contribution in [0.3, 0.4) is 0 Å². The summed E-state index contributed by atoms with van der Waals surface area (Å²) in [7, 11) is 0. The Labute approximate surface area is 203 Å². The topological polar surface area (TPSA) is 37.6 Å². The van der Waals surface area contributed by atoms with Crippen LogP contribution in [0.15, 0.2) is 62.9 Å². The zero-order valence-corrected chi connectivity index (χ0v) is 20.9. The molecule has 4 nitrogen and oxygen atoms in total. The van der Waals surface area contributed by atoms with E-state index in [-0.39, 0.29) is 11.7 Å². The standard InChI is InChI=1S/C24H20BrClFN3OS/c1-4-29-23(31)22(32-24(29)28-18-7-5-17(27)6-8-18)12-16-11-14(2)30(15(16)3)19-9-10-20(25)21(26)13-19/h5-13H,4H2,1-3H3/b22-12+,28-24?. The molecule has 0 radical (unpaired) electrons. The van der Waals surface area contributed by atoms with Gasteiger partial charge in [0.25, 0.3) is 5.91 Å². The van der Waals surface area contributed by atoms with Crippen LogP contribution < -0.4 is 0 Å². The van der Waals surface area contributed by atoms with Crippen LogP contribution in [0.2, 0.25) is 5.02 Å². The molecule has 1 saturated heterocycles. The summed E-state index contributed by atoms with van der Waals surface area (Å²) in [5.41, 5.74) is 4.56. The van der Waals surface area contributed by atoms with Gasteiger partial charge in [0.2, 0.25) is 0 Å². The lowest BCUT2D eigenvalue weighted by Gasteiger charge is -2.12. The number of amides is 1. The van der Waals surface area contributed by atoms with E-state index in [1.165, 1.54) is 23.9 Å². The van der Waals surface area contributed by atoms with E-state index in [1.54, 1.807) is 17.0 Å². The molecule has 0 atom stereocenters.